The first kappa shape index (κ1) is 21.6. The summed E-state index contributed by atoms with van der Waals surface area (Å²) in [6.45, 7) is 1.72. The summed E-state index contributed by atoms with van der Waals surface area (Å²) in [6, 6.07) is 6.63. The monoisotopic (exact) mass is 495 g/mol. The molecule has 2 N–H and O–H groups in total. The van der Waals surface area contributed by atoms with Crippen molar-refractivity contribution < 1.29 is 17.9 Å². The first-order valence-electron chi connectivity index (χ1n) is 8.56. The van der Waals surface area contributed by atoms with Gasteiger partial charge in [-0.3, -0.25) is 15.0 Å². The number of aryl methyl sites for hydroxylation is 1. The summed E-state index contributed by atoms with van der Waals surface area (Å²) in [5.74, 6) is 0.272. The molecule has 0 saturated carbocycles. The number of rotatable bonds is 6. The van der Waals surface area contributed by atoms with Crippen molar-refractivity contribution in [2.75, 3.05) is 16.3 Å². The number of hydrogen-bond acceptors (Lipinski definition) is 8. The van der Waals surface area contributed by atoms with Crippen LogP contribution in [0.2, 0.25) is 0 Å². The summed E-state index contributed by atoms with van der Waals surface area (Å²) >= 11 is 3.33. The molecule has 3 aromatic rings. The highest BCUT2D eigenvalue weighted by molar-refractivity contribution is 9.10. The number of nitrogens with one attached hydrogen (secondary N) is 2. The number of nitrogens with zero attached hydrogens (tertiary/aromatic N) is 5. The van der Waals surface area contributed by atoms with Gasteiger partial charge in [0.25, 0.3) is 0 Å². The van der Waals surface area contributed by atoms with Gasteiger partial charge in [0.15, 0.2) is 11.5 Å². The lowest BCUT2D eigenvalue weighted by Gasteiger charge is -2.15. The number of aromatic nitrogens is 5. The van der Waals surface area contributed by atoms with E-state index in [1.165, 1.54) is 16.9 Å². The maximum atomic E-state index is 12.4. The van der Waals surface area contributed by atoms with Crippen molar-refractivity contribution in [2.45, 2.75) is 13.0 Å². The number of anilines is 2. The fraction of sp³-hybridized carbons (Fsp3) is 0.235. The van der Waals surface area contributed by atoms with Crippen molar-refractivity contribution in [1.29, 1.82) is 0 Å². The van der Waals surface area contributed by atoms with Gasteiger partial charge >= 0.3 is 6.09 Å². The summed E-state index contributed by atoms with van der Waals surface area (Å²) < 4.78 is 32.3. The van der Waals surface area contributed by atoms with Crippen LogP contribution in [0.1, 0.15) is 18.6 Å². The Hall–Kier alpha value is -3.06. The highest BCUT2D eigenvalue weighted by Crippen LogP contribution is 2.27. The lowest BCUT2D eigenvalue weighted by molar-refractivity contribution is 0.120. The van der Waals surface area contributed by atoms with Gasteiger partial charge in [0.2, 0.25) is 10.0 Å². The molecule has 11 nitrogen and oxygen atoms in total. The lowest BCUT2D eigenvalue weighted by Crippen LogP contribution is -2.18. The van der Waals surface area contributed by atoms with Gasteiger partial charge in [0, 0.05) is 18.8 Å². The number of amides is 1. The zero-order chi connectivity index (χ0) is 21.9. The Labute approximate surface area is 181 Å². The molecule has 0 bridgehead atoms. The van der Waals surface area contributed by atoms with E-state index in [-0.39, 0.29) is 5.82 Å². The van der Waals surface area contributed by atoms with Crippen molar-refractivity contribution in [2.24, 2.45) is 7.05 Å². The van der Waals surface area contributed by atoms with Crippen LogP contribution in [0.3, 0.4) is 0 Å². The quantitative estimate of drug-likeness (QED) is 0.497. The molecule has 0 aliphatic heterocycles. The molecule has 0 fully saturated rings. The summed E-state index contributed by atoms with van der Waals surface area (Å²) in [6.07, 6.45) is 2.74. The minimum Gasteiger partial charge on any atom is -0.441 e. The normalized spacial score (nSPS) is 12.3. The number of pyridine rings is 2. The fourth-order valence-electron chi connectivity index (χ4n) is 2.53. The van der Waals surface area contributed by atoms with E-state index in [1.54, 1.807) is 38.4 Å². The van der Waals surface area contributed by atoms with Crippen molar-refractivity contribution in [3.63, 3.8) is 0 Å². The molecule has 158 valence electrons. The first-order chi connectivity index (χ1) is 14.1. The van der Waals surface area contributed by atoms with Crippen LogP contribution in [0.4, 0.5) is 16.3 Å². The average Bonchev–Trinajstić information content (AvgIpc) is 3.02. The third-order valence-electron chi connectivity index (χ3n) is 3.87. The van der Waals surface area contributed by atoms with Gasteiger partial charge in [0.05, 0.1) is 23.8 Å². The Morgan fingerprint density at radius 1 is 1.27 bits per heavy atom. The summed E-state index contributed by atoms with van der Waals surface area (Å²) in [7, 11) is -1.81. The van der Waals surface area contributed by atoms with Gasteiger partial charge < -0.3 is 4.74 Å². The summed E-state index contributed by atoms with van der Waals surface area (Å²) in [5, 5.41) is 10.5. The third kappa shape index (κ3) is 5.30. The Kier molecular flexibility index (Phi) is 6.31. The smallest absolute Gasteiger partial charge is 0.413 e. The molecule has 0 aromatic carbocycles. The summed E-state index contributed by atoms with van der Waals surface area (Å²) in [4.78, 5) is 20.7. The van der Waals surface area contributed by atoms with Crippen LogP contribution in [-0.2, 0) is 21.8 Å². The van der Waals surface area contributed by atoms with Gasteiger partial charge in [-0.2, -0.15) is 0 Å². The van der Waals surface area contributed by atoms with E-state index < -0.39 is 22.2 Å². The molecule has 0 aliphatic carbocycles. The minimum atomic E-state index is -3.42. The fourth-order valence-corrected chi connectivity index (χ4v) is 3.65. The van der Waals surface area contributed by atoms with E-state index in [1.807, 2.05) is 0 Å². The van der Waals surface area contributed by atoms with E-state index in [2.05, 4.69) is 46.2 Å². The highest BCUT2D eigenvalue weighted by Gasteiger charge is 2.20. The van der Waals surface area contributed by atoms with Gasteiger partial charge in [0.1, 0.15) is 10.7 Å². The molecule has 1 atom stereocenters. The van der Waals surface area contributed by atoms with Crippen molar-refractivity contribution in [3.05, 3.63) is 46.8 Å². The van der Waals surface area contributed by atoms with E-state index in [0.717, 1.165) is 6.26 Å². The highest BCUT2D eigenvalue weighted by atomic mass is 79.9. The van der Waals surface area contributed by atoms with Crippen LogP contribution >= 0.6 is 15.9 Å². The molecule has 0 spiro atoms. The SMILES string of the molecule is C[C@@H](OC(=O)Nc1c(-c2ccc(NS(C)(=O)=O)cn2)nnn1C)c1cccnc1Br. The Bertz CT molecular complexity index is 1170. The van der Waals surface area contributed by atoms with Crippen LogP contribution in [0, 0.1) is 0 Å². The van der Waals surface area contributed by atoms with Crippen molar-refractivity contribution in [3.8, 4) is 11.4 Å². The molecule has 3 rings (SSSR count). The Morgan fingerprint density at radius 2 is 2.03 bits per heavy atom. The van der Waals surface area contributed by atoms with Gasteiger partial charge in [-0.05, 0) is 41.1 Å². The van der Waals surface area contributed by atoms with Crippen LogP contribution in [-0.4, -0.2) is 45.7 Å². The van der Waals surface area contributed by atoms with E-state index >= 15 is 0 Å². The second kappa shape index (κ2) is 8.75. The van der Waals surface area contributed by atoms with Crippen LogP contribution in [0.15, 0.2) is 41.3 Å². The molecule has 30 heavy (non-hydrogen) atoms. The summed E-state index contributed by atoms with van der Waals surface area (Å²) in [5.41, 5.74) is 1.71. The molecule has 0 saturated heterocycles. The predicted octanol–water partition coefficient (Wildman–Crippen LogP) is 2.72. The maximum Gasteiger partial charge on any atom is 0.413 e. The number of carbonyl (C=O) groups excluding carboxylic acids is 1. The second-order valence-electron chi connectivity index (χ2n) is 6.27. The van der Waals surface area contributed by atoms with Crippen LogP contribution in [0.5, 0.6) is 0 Å². The standard InChI is InChI=1S/C17H18BrN7O4S/c1-10(12-5-4-8-19-15(12)18)29-17(26)21-16-14(22-24-25(16)2)13-7-6-11(9-20-13)23-30(3,27)28/h4-10,23H,1-3H3,(H,21,26)/t10-/m1/s1. The van der Waals surface area contributed by atoms with Crippen LogP contribution in [0.25, 0.3) is 11.4 Å². The number of hydrogen-bond donors (Lipinski definition) is 2. The first-order valence-corrected chi connectivity index (χ1v) is 11.2. The zero-order valence-electron chi connectivity index (χ0n) is 16.2. The number of sulfonamides is 1. The number of halogens is 1. The van der Waals surface area contributed by atoms with Crippen molar-refractivity contribution >= 4 is 43.6 Å². The minimum absolute atomic E-state index is 0.272. The van der Waals surface area contributed by atoms with Gasteiger partial charge in [-0.25, -0.2) is 22.9 Å². The molecule has 3 heterocycles. The lowest BCUT2D eigenvalue weighted by atomic mass is 10.2. The predicted molar refractivity (Wildman–Crippen MR) is 113 cm³/mol. The average molecular weight is 496 g/mol. The van der Waals surface area contributed by atoms with E-state index in [9.17, 15) is 13.2 Å². The zero-order valence-corrected chi connectivity index (χ0v) is 18.6. The molecular formula is C17H18BrN7O4S. The molecule has 0 unspecified atom stereocenters. The Balaban J connectivity index is 1.76. The molecule has 0 aliphatic rings. The second-order valence-corrected chi connectivity index (χ2v) is 8.77. The van der Waals surface area contributed by atoms with Crippen molar-refractivity contribution in [1.82, 2.24) is 25.0 Å². The molecule has 13 heteroatoms. The molecular weight excluding hydrogens is 478 g/mol. The largest absolute Gasteiger partial charge is 0.441 e. The Morgan fingerprint density at radius 3 is 2.67 bits per heavy atom. The van der Waals surface area contributed by atoms with Gasteiger partial charge in [-0.1, -0.05) is 11.3 Å². The van der Waals surface area contributed by atoms with E-state index in [0.29, 0.717) is 27.2 Å². The molecule has 0 radical (unpaired) electrons. The van der Waals surface area contributed by atoms with Gasteiger partial charge in [-0.15, -0.1) is 5.10 Å². The third-order valence-corrected chi connectivity index (χ3v) is 5.14. The maximum absolute atomic E-state index is 12.4. The number of carbonyl (C=O) groups is 1. The van der Waals surface area contributed by atoms with Crippen LogP contribution < -0.4 is 10.0 Å². The number of ether oxygens (including phenoxy) is 1. The topological polar surface area (TPSA) is 141 Å². The van der Waals surface area contributed by atoms with E-state index in [4.69, 9.17) is 4.74 Å². The molecule has 3 aromatic heterocycles. The molecule has 1 amide bonds.